The summed E-state index contributed by atoms with van der Waals surface area (Å²) in [5, 5.41) is 11.0. The van der Waals surface area contributed by atoms with E-state index in [0.29, 0.717) is 16.4 Å². The average Bonchev–Trinajstić information content (AvgIpc) is 3.07. The number of nitrogens with one attached hydrogen (secondary N) is 2. The summed E-state index contributed by atoms with van der Waals surface area (Å²) in [6.07, 6.45) is 3.54. The normalized spacial score (nSPS) is 15.0. The number of amides is 1. The van der Waals surface area contributed by atoms with Crippen LogP contribution in [0.25, 0.3) is 11.3 Å². The minimum atomic E-state index is -0.231. The molecule has 4 rings (SSSR count). The SMILES string of the molecule is CNC(=O)c1cnc(Cl)cc1Nc1cccc2c1N(C)C(C)c1cn(C)nc1-2. The Labute approximate surface area is 168 Å². The first kappa shape index (κ1) is 18.3. The van der Waals surface area contributed by atoms with Crippen LogP contribution in [0.15, 0.2) is 36.7 Å². The molecule has 1 atom stereocenters. The number of hydrogen-bond donors (Lipinski definition) is 2. The number of benzene rings is 1. The molecule has 28 heavy (non-hydrogen) atoms. The minimum absolute atomic E-state index is 0.165. The molecule has 3 aromatic rings. The van der Waals surface area contributed by atoms with Crippen molar-refractivity contribution in [2.24, 2.45) is 7.05 Å². The zero-order valence-corrected chi connectivity index (χ0v) is 16.9. The first-order valence-corrected chi connectivity index (χ1v) is 9.33. The molecule has 0 radical (unpaired) electrons. The largest absolute Gasteiger partial charge is 0.365 e. The molecule has 1 aliphatic rings. The maximum atomic E-state index is 12.2. The molecule has 1 aliphatic heterocycles. The van der Waals surface area contributed by atoms with Gasteiger partial charge in [0.05, 0.1) is 34.4 Å². The Balaban J connectivity index is 1.85. The summed E-state index contributed by atoms with van der Waals surface area (Å²) >= 11 is 6.09. The molecular weight excluding hydrogens is 376 g/mol. The van der Waals surface area contributed by atoms with Gasteiger partial charge in [-0.25, -0.2) is 4.98 Å². The highest BCUT2D eigenvalue weighted by Gasteiger charge is 2.30. The lowest BCUT2D eigenvalue weighted by atomic mass is 9.94. The number of halogens is 1. The number of para-hydroxylation sites is 1. The van der Waals surface area contributed by atoms with Crippen LogP contribution in [0.3, 0.4) is 0 Å². The van der Waals surface area contributed by atoms with Crippen LogP contribution in [0.5, 0.6) is 0 Å². The topological polar surface area (TPSA) is 75.1 Å². The highest BCUT2D eigenvalue weighted by Crippen LogP contribution is 2.47. The van der Waals surface area contributed by atoms with Crippen molar-refractivity contribution >= 4 is 34.6 Å². The lowest BCUT2D eigenvalue weighted by Crippen LogP contribution is -2.26. The molecule has 0 fully saturated rings. The van der Waals surface area contributed by atoms with Gasteiger partial charge in [-0.15, -0.1) is 0 Å². The monoisotopic (exact) mass is 396 g/mol. The van der Waals surface area contributed by atoms with Crippen LogP contribution in [-0.2, 0) is 7.05 Å². The van der Waals surface area contributed by atoms with Crippen LogP contribution >= 0.6 is 11.6 Å². The Kier molecular flexibility index (Phi) is 4.47. The van der Waals surface area contributed by atoms with Gasteiger partial charge < -0.3 is 15.5 Å². The fraction of sp³-hybridized carbons (Fsp3) is 0.250. The lowest BCUT2D eigenvalue weighted by molar-refractivity contribution is 0.0963. The van der Waals surface area contributed by atoms with Crippen molar-refractivity contribution in [1.82, 2.24) is 20.1 Å². The molecule has 0 bridgehead atoms. The number of hydrogen-bond acceptors (Lipinski definition) is 5. The first-order valence-electron chi connectivity index (χ1n) is 8.95. The summed E-state index contributed by atoms with van der Waals surface area (Å²) in [6, 6.07) is 7.85. The fourth-order valence-electron chi connectivity index (χ4n) is 3.63. The highest BCUT2D eigenvalue weighted by molar-refractivity contribution is 6.29. The van der Waals surface area contributed by atoms with Gasteiger partial charge in [0.1, 0.15) is 5.15 Å². The van der Waals surface area contributed by atoms with E-state index in [-0.39, 0.29) is 11.9 Å². The van der Waals surface area contributed by atoms with E-state index in [1.807, 2.05) is 23.9 Å². The lowest BCUT2D eigenvalue weighted by Gasteiger charge is -2.35. The second-order valence-electron chi connectivity index (χ2n) is 6.85. The van der Waals surface area contributed by atoms with Crippen LogP contribution in [-0.4, -0.2) is 34.8 Å². The number of fused-ring (bicyclic) bond motifs is 3. The summed E-state index contributed by atoms with van der Waals surface area (Å²) in [5.41, 5.74) is 6.13. The quantitative estimate of drug-likeness (QED) is 0.659. The number of aryl methyl sites for hydroxylation is 1. The van der Waals surface area contributed by atoms with Gasteiger partial charge in [0, 0.05) is 44.7 Å². The molecule has 1 unspecified atom stereocenters. The van der Waals surface area contributed by atoms with Crippen molar-refractivity contribution < 1.29 is 4.79 Å². The molecule has 1 amide bonds. The second-order valence-corrected chi connectivity index (χ2v) is 7.24. The summed E-state index contributed by atoms with van der Waals surface area (Å²) in [7, 11) is 5.58. The summed E-state index contributed by atoms with van der Waals surface area (Å²) in [6.45, 7) is 2.15. The molecule has 144 valence electrons. The van der Waals surface area contributed by atoms with Gasteiger partial charge in [0.25, 0.3) is 5.91 Å². The van der Waals surface area contributed by atoms with Gasteiger partial charge in [0.2, 0.25) is 0 Å². The van der Waals surface area contributed by atoms with Crippen LogP contribution in [0.4, 0.5) is 17.1 Å². The van der Waals surface area contributed by atoms with Crippen molar-refractivity contribution in [2.45, 2.75) is 13.0 Å². The maximum Gasteiger partial charge on any atom is 0.254 e. The van der Waals surface area contributed by atoms with E-state index in [0.717, 1.165) is 22.6 Å². The summed E-state index contributed by atoms with van der Waals surface area (Å²) in [4.78, 5) is 18.5. The Hall–Kier alpha value is -3.06. The van der Waals surface area contributed by atoms with Crippen molar-refractivity contribution in [3.8, 4) is 11.3 Å². The van der Waals surface area contributed by atoms with Gasteiger partial charge in [-0.1, -0.05) is 23.7 Å². The molecule has 0 spiro atoms. The number of aromatic nitrogens is 3. The zero-order valence-electron chi connectivity index (χ0n) is 16.1. The fourth-order valence-corrected chi connectivity index (χ4v) is 3.79. The van der Waals surface area contributed by atoms with Crippen molar-refractivity contribution in [3.05, 3.63) is 52.9 Å². The van der Waals surface area contributed by atoms with Crippen LogP contribution in [0.2, 0.25) is 5.15 Å². The second kappa shape index (κ2) is 6.83. The van der Waals surface area contributed by atoms with Crippen molar-refractivity contribution in [1.29, 1.82) is 0 Å². The standard InChI is InChI=1S/C20H21ClN6O/c1-11-14-10-26(3)25-18(14)12-6-5-7-15(19(12)27(11)4)24-16-8-17(21)23-9-13(16)20(28)22-2/h5-11H,1-4H3,(H,22,28)(H,23,24). The van der Waals surface area contributed by atoms with Gasteiger partial charge in [0.15, 0.2) is 0 Å². The number of nitrogens with zero attached hydrogens (tertiary/aromatic N) is 4. The van der Waals surface area contributed by atoms with E-state index in [9.17, 15) is 4.79 Å². The maximum absolute atomic E-state index is 12.2. The van der Waals surface area contributed by atoms with E-state index < -0.39 is 0 Å². The van der Waals surface area contributed by atoms with Gasteiger partial charge in [-0.05, 0) is 19.1 Å². The van der Waals surface area contributed by atoms with Gasteiger partial charge in [-0.3, -0.25) is 9.48 Å². The third kappa shape index (κ3) is 2.88. The number of carbonyl (C=O) groups is 1. The summed E-state index contributed by atoms with van der Waals surface area (Å²) in [5.74, 6) is -0.231. The van der Waals surface area contributed by atoms with E-state index in [2.05, 4.69) is 51.9 Å². The van der Waals surface area contributed by atoms with Crippen molar-refractivity contribution in [2.75, 3.05) is 24.3 Å². The Morgan fingerprint density at radius 2 is 2.04 bits per heavy atom. The molecule has 8 heteroatoms. The van der Waals surface area contributed by atoms with Crippen LogP contribution < -0.4 is 15.5 Å². The van der Waals surface area contributed by atoms with E-state index in [4.69, 9.17) is 11.6 Å². The third-order valence-corrected chi connectivity index (χ3v) is 5.35. The molecular formula is C20H21ClN6O. The zero-order chi connectivity index (χ0) is 20.0. The Bertz CT molecular complexity index is 1080. The molecule has 2 N–H and O–H groups in total. The van der Waals surface area contributed by atoms with Crippen LogP contribution in [0.1, 0.15) is 28.9 Å². The Morgan fingerprint density at radius 1 is 1.25 bits per heavy atom. The van der Waals surface area contributed by atoms with Crippen LogP contribution in [0, 0.1) is 0 Å². The molecule has 1 aromatic carbocycles. The first-order chi connectivity index (χ1) is 13.4. The van der Waals surface area contributed by atoms with E-state index in [1.54, 1.807) is 13.1 Å². The van der Waals surface area contributed by atoms with Crippen molar-refractivity contribution in [3.63, 3.8) is 0 Å². The minimum Gasteiger partial charge on any atom is -0.365 e. The van der Waals surface area contributed by atoms with Gasteiger partial charge >= 0.3 is 0 Å². The number of anilines is 3. The molecule has 7 nitrogen and oxygen atoms in total. The Morgan fingerprint density at radius 3 is 2.79 bits per heavy atom. The predicted molar refractivity (Wildman–Crippen MR) is 111 cm³/mol. The van der Waals surface area contributed by atoms with Gasteiger partial charge in [-0.2, -0.15) is 5.10 Å². The number of carbonyl (C=O) groups excluding carboxylic acids is 1. The molecule has 0 saturated carbocycles. The number of pyridine rings is 1. The predicted octanol–water partition coefficient (Wildman–Crippen LogP) is 3.75. The molecule has 3 heterocycles. The third-order valence-electron chi connectivity index (χ3n) is 5.14. The van der Waals surface area contributed by atoms with E-state index in [1.165, 1.54) is 11.8 Å². The average molecular weight is 397 g/mol. The summed E-state index contributed by atoms with van der Waals surface area (Å²) < 4.78 is 1.84. The molecule has 0 aliphatic carbocycles. The smallest absolute Gasteiger partial charge is 0.254 e. The molecule has 0 saturated heterocycles. The highest BCUT2D eigenvalue weighted by atomic mass is 35.5. The number of rotatable bonds is 3. The van der Waals surface area contributed by atoms with E-state index >= 15 is 0 Å². The molecule has 2 aromatic heterocycles.